The van der Waals surface area contributed by atoms with E-state index >= 15 is 4.39 Å². The van der Waals surface area contributed by atoms with Crippen molar-refractivity contribution in [3.63, 3.8) is 0 Å². The molecule has 0 saturated heterocycles. The molecule has 0 unspecified atom stereocenters. The SMILES string of the molecule is COC(=O)C(Cc1cccc(C(F)(F)F)c1)(OC[C@@H](OC)[C@@H](O)[C@H](F)n1cnc2c(N)nc(Cl)nc21)C(=O)OC. The van der Waals surface area contributed by atoms with Crippen LogP contribution in [0.2, 0.25) is 5.28 Å². The second-order valence-electron chi connectivity index (χ2n) is 8.34. The number of carbonyl (C=O) groups is 2. The van der Waals surface area contributed by atoms with Crippen LogP contribution in [0.3, 0.4) is 0 Å². The van der Waals surface area contributed by atoms with Gasteiger partial charge in [-0.1, -0.05) is 18.2 Å². The highest BCUT2D eigenvalue weighted by Gasteiger charge is 2.51. The summed E-state index contributed by atoms with van der Waals surface area (Å²) in [6.45, 7) is -0.828. The van der Waals surface area contributed by atoms with Crippen molar-refractivity contribution >= 4 is 40.5 Å². The summed E-state index contributed by atoms with van der Waals surface area (Å²) >= 11 is 5.79. The van der Waals surface area contributed by atoms with Crippen molar-refractivity contribution in [2.45, 2.75) is 36.7 Å². The van der Waals surface area contributed by atoms with Crippen molar-refractivity contribution in [3.05, 3.63) is 47.0 Å². The topological polar surface area (TPSA) is 161 Å². The van der Waals surface area contributed by atoms with Gasteiger partial charge < -0.3 is 29.8 Å². The molecule has 0 aliphatic heterocycles. The van der Waals surface area contributed by atoms with Crippen LogP contribution in [0.25, 0.3) is 11.2 Å². The molecule has 0 spiro atoms. The largest absolute Gasteiger partial charge is 0.466 e. The van der Waals surface area contributed by atoms with Crippen molar-refractivity contribution in [2.24, 2.45) is 0 Å². The lowest BCUT2D eigenvalue weighted by Crippen LogP contribution is -2.54. The van der Waals surface area contributed by atoms with Crippen LogP contribution in [0.4, 0.5) is 23.4 Å². The maximum Gasteiger partial charge on any atom is 0.416 e. The van der Waals surface area contributed by atoms with E-state index < -0.39 is 60.8 Å². The molecule has 0 bridgehead atoms. The quantitative estimate of drug-likeness (QED) is 0.145. The Hall–Kier alpha value is -3.60. The third-order valence-electron chi connectivity index (χ3n) is 5.88. The van der Waals surface area contributed by atoms with Gasteiger partial charge in [0.15, 0.2) is 11.5 Å². The highest BCUT2D eigenvalue weighted by atomic mass is 35.5. The number of carbonyl (C=O) groups excluding carboxylic acids is 2. The van der Waals surface area contributed by atoms with Gasteiger partial charge in [-0.25, -0.2) is 19.0 Å². The van der Waals surface area contributed by atoms with Crippen LogP contribution in [0.5, 0.6) is 0 Å². The molecule has 0 aliphatic carbocycles. The Morgan fingerprint density at radius 2 is 1.80 bits per heavy atom. The number of esters is 2. The molecular weight excluding hydrogens is 570 g/mol. The number of ether oxygens (including phenoxy) is 4. The maximum atomic E-state index is 15.5. The van der Waals surface area contributed by atoms with Gasteiger partial charge in [-0.05, 0) is 23.2 Å². The molecule has 0 saturated carbocycles. The molecule has 1 aromatic carbocycles. The van der Waals surface area contributed by atoms with E-state index in [1.165, 1.54) is 6.07 Å². The Morgan fingerprint density at radius 1 is 1.15 bits per heavy atom. The predicted molar refractivity (Wildman–Crippen MR) is 130 cm³/mol. The van der Waals surface area contributed by atoms with Crippen molar-refractivity contribution < 1.29 is 51.2 Å². The zero-order valence-electron chi connectivity index (χ0n) is 21.2. The Bertz CT molecular complexity index is 1360. The van der Waals surface area contributed by atoms with Crippen LogP contribution in [-0.2, 0) is 41.1 Å². The summed E-state index contributed by atoms with van der Waals surface area (Å²) in [6, 6.07) is 3.81. The normalized spacial score (nSPS) is 14.5. The molecule has 0 fully saturated rings. The molecule has 3 N–H and O–H groups in total. The zero-order valence-corrected chi connectivity index (χ0v) is 21.9. The number of rotatable bonds is 11. The van der Waals surface area contributed by atoms with E-state index in [1.807, 2.05) is 0 Å². The predicted octanol–water partition coefficient (Wildman–Crippen LogP) is 2.27. The van der Waals surface area contributed by atoms with Crippen LogP contribution in [0, 0.1) is 0 Å². The molecule has 218 valence electrons. The summed E-state index contributed by atoms with van der Waals surface area (Å²) < 4.78 is 76.1. The molecule has 0 radical (unpaired) electrons. The second kappa shape index (κ2) is 12.3. The van der Waals surface area contributed by atoms with Gasteiger partial charge >= 0.3 is 18.1 Å². The van der Waals surface area contributed by atoms with Crippen molar-refractivity contribution in [1.82, 2.24) is 19.5 Å². The minimum absolute atomic E-state index is 0.000883. The number of hydrogen-bond donors (Lipinski definition) is 2. The molecule has 3 aromatic rings. The van der Waals surface area contributed by atoms with E-state index in [0.29, 0.717) is 6.07 Å². The fourth-order valence-electron chi connectivity index (χ4n) is 3.83. The lowest BCUT2D eigenvalue weighted by Gasteiger charge is -2.32. The second-order valence-corrected chi connectivity index (χ2v) is 8.67. The number of nitrogens with zero attached hydrogens (tertiary/aromatic N) is 4. The number of imidazole rings is 1. The zero-order chi connectivity index (χ0) is 29.8. The first-order valence-electron chi connectivity index (χ1n) is 11.3. The Balaban J connectivity index is 1.92. The molecule has 0 amide bonds. The van der Waals surface area contributed by atoms with Crippen LogP contribution >= 0.6 is 11.6 Å². The molecule has 12 nitrogen and oxygen atoms in total. The third-order valence-corrected chi connectivity index (χ3v) is 6.05. The summed E-state index contributed by atoms with van der Waals surface area (Å²) in [6.07, 6.45) is -10.4. The average molecular weight is 594 g/mol. The molecule has 0 aliphatic rings. The Morgan fingerprint density at radius 3 is 2.38 bits per heavy atom. The lowest BCUT2D eigenvalue weighted by atomic mass is 9.93. The first kappa shape index (κ1) is 30.9. The summed E-state index contributed by atoms with van der Waals surface area (Å²) in [5.41, 5.74) is 1.74. The van der Waals surface area contributed by atoms with Gasteiger partial charge in [0.05, 0.1) is 32.7 Å². The van der Waals surface area contributed by atoms with E-state index in [-0.39, 0.29) is 27.8 Å². The number of anilines is 1. The van der Waals surface area contributed by atoms with Gasteiger partial charge in [-0.2, -0.15) is 23.1 Å². The number of alkyl halides is 4. The number of aliphatic hydroxyl groups is 1. The fraction of sp³-hybridized carbons (Fsp3) is 0.435. The first-order valence-corrected chi connectivity index (χ1v) is 11.6. The number of benzene rings is 1. The van der Waals surface area contributed by atoms with Crippen molar-refractivity contribution in [3.8, 4) is 0 Å². The van der Waals surface area contributed by atoms with Crippen molar-refractivity contribution in [2.75, 3.05) is 33.7 Å². The number of nitrogens with two attached hydrogens (primary N) is 1. The number of halogens is 5. The summed E-state index contributed by atoms with van der Waals surface area (Å²) in [7, 11) is 2.91. The average Bonchev–Trinajstić information content (AvgIpc) is 3.34. The van der Waals surface area contributed by atoms with Gasteiger partial charge in [0.25, 0.3) is 5.60 Å². The lowest BCUT2D eigenvalue weighted by molar-refractivity contribution is -0.196. The number of methoxy groups -OCH3 is 3. The van der Waals surface area contributed by atoms with Crippen LogP contribution in [0.1, 0.15) is 17.4 Å². The minimum atomic E-state index is -4.71. The molecule has 3 rings (SSSR count). The number of aliphatic hydroxyl groups excluding tert-OH is 1. The van der Waals surface area contributed by atoms with E-state index in [2.05, 4.69) is 15.0 Å². The smallest absolute Gasteiger partial charge is 0.416 e. The van der Waals surface area contributed by atoms with Crippen LogP contribution in [-0.4, -0.2) is 82.3 Å². The van der Waals surface area contributed by atoms with Gasteiger partial charge in [0.1, 0.15) is 17.7 Å². The summed E-state index contributed by atoms with van der Waals surface area (Å²) in [5.74, 6) is -2.78. The van der Waals surface area contributed by atoms with Gasteiger partial charge in [0, 0.05) is 13.5 Å². The number of nitrogen functional groups attached to an aromatic ring is 1. The highest BCUT2D eigenvalue weighted by molar-refractivity contribution is 6.28. The van der Waals surface area contributed by atoms with Crippen LogP contribution in [0.15, 0.2) is 30.6 Å². The van der Waals surface area contributed by atoms with Gasteiger partial charge in [-0.3, -0.25) is 4.57 Å². The van der Waals surface area contributed by atoms with E-state index in [4.69, 9.17) is 36.3 Å². The number of hydrogen-bond acceptors (Lipinski definition) is 11. The maximum absolute atomic E-state index is 15.5. The van der Waals surface area contributed by atoms with E-state index in [1.54, 1.807) is 0 Å². The van der Waals surface area contributed by atoms with Crippen molar-refractivity contribution in [1.29, 1.82) is 0 Å². The Kier molecular flexibility index (Phi) is 9.50. The van der Waals surface area contributed by atoms with E-state index in [0.717, 1.165) is 44.4 Å². The summed E-state index contributed by atoms with van der Waals surface area (Å²) in [5, 5.41) is 10.4. The molecule has 17 heteroatoms. The molecule has 2 heterocycles. The fourth-order valence-corrected chi connectivity index (χ4v) is 4.01. The number of aromatic nitrogens is 4. The van der Waals surface area contributed by atoms with Gasteiger partial charge in [-0.15, -0.1) is 0 Å². The van der Waals surface area contributed by atoms with E-state index in [9.17, 15) is 27.9 Å². The first-order chi connectivity index (χ1) is 18.8. The third kappa shape index (κ3) is 6.24. The minimum Gasteiger partial charge on any atom is -0.466 e. The molecular formula is C23H24ClF4N5O7. The standard InChI is InChI=1S/C23H24ClF4N5O7/c1-37-13(15(34)16(25)33-10-30-14-17(29)31-21(24)32-18(14)33)9-40-22(19(35)38-2,20(36)39-3)8-11-5-4-6-12(7-11)23(26,27)28/h4-7,10,13,15-16,34H,8-9H2,1-3H3,(H2,29,31,32)/t13-,15-,16-/m1/s1. The highest BCUT2D eigenvalue weighted by Crippen LogP contribution is 2.32. The monoisotopic (exact) mass is 593 g/mol. The van der Waals surface area contributed by atoms with Gasteiger partial charge in [0.2, 0.25) is 11.6 Å². The molecule has 2 aromatic heterocycles. The molecule has 3 atom stereocenters. The molecule has 40 heavy (non-hydrogen) atoms. The summed E-state index contributed by atoms with van der Waals surface area (Å²) in [4.78, 5) is 37.1. The Labute approximate surface area is 229 Å². The number of fused-ring (bicyclic) bond motifs is 1. The van der Waals surface area contributed by atoms with Crippen LogP contribution < -0.4 is 5.73 Å².